The maximum Gasteiger partial charge on any atom is 0.271 e. The molecule has 3 N–H and O–H groups in total. The Morgan fingerprint density at radius 3 is 3.05 bits per heavy atom. The van der Waals surface area contributed by atoms with Crippen molar-refractivity contribution < 1.29 is 9.18 Å². The standard InChI is InChI=1S/C14H16FN3OS/c1-9(10-3-2-4-11(15)7-10)17-14(19)12-8-20-13(18-12)5-6-16/h2-4,7-9H,5-6,16H2,1H3,(H,17,19)/t9-/m1/s1. The molecule has 0 aliphatic heterocycles. The summed E-state index contributed by atoms with van der Waals surface area (Å²) in [4.78, 5) is 16.3. The van der Waals surface area contributed by atoms with Crippen LogP contribution in [0.5, 0.6) is 0 Å². The normalized spacial score (nSPS) is 12.2. The number of halogens is 1. The van der Waals surface area contributed by atoms with E-state index in [1.807, 2.05) is 0 Å². The van der Waals surface area contributed by atoms with E-state index in [2.05, 4.69) is 10.3 Å². The molecule has 1 aromatic heterocycles. The lowest BCUT2D eigenvalue weighted by molar-refractivity contribution is 0.0935. The first-order valence-electron chi connectivity index (χ1n) is 6.31. The third-order valence-electron chi connectivity index (χ3n) is 2.84. The summed E-state index contributed by atoms with van der Waals surface area (Å²) in [5, 5.41) is 5.35. The number of thiazole rings is 1. The Balaban J connectivity index is 2.03. The second kappa shape index (κ2) is 6.58. The molecule has 0 bridgehead atoms. The van der Waals surface area contributed by atoms with Gasteiger partial charge in [-0.2, -0.15) is 0 Å². The van der Waals surface area contributed by atoms with Crippen LogP contribution in [0.3, 0.4) is 0 Å². The first-order valence-corrected chi connectivity index (χ1v) is 7.19. The Morgan fingerprint density at radius 1 is 1.55 bits per heavy atom. The second-order valence-corrected chi connectivity index (χ2v) is 5.36. The highest BCUT2D eigenvalue weighted by atomic mass is 32.1. The lowest BCUT2D eigenvalue weighted by atomic mass is 10.1. The molecular formula is C14H16FN3OS. The van der Waals surface area contributed by atoms with Crippen LogP contribution in [-0.2, 0) is 6.42 Å². The minimum Gasteiger partial charge on any atom is -0.344 e. The molecule has 1 atom stereocenters. The molecule has 2 rings (SSSR count). The Kier molecular flexibility index (Phi) is 4.81. The lowest BCUT2D eigenvalue weighted by Crippen LogP contribution is -2.27. The van der Waals surface area contributed by atoms with Crippen molar-refractivity contribution in [3.05, 3.63) is 51.7 Å². The van der Waals surface area contributed by atoms with Gasteiger partial charge in [-0.15, -0.1) is 11.3 Å². The van der Waals surface area contributed by atoms with Gasteiger partial charge in [0.25, 0.3) is 5.91 Å². The zero-order chi connectivity index (χ0) is 14.5. The average Bonchev–Trinajstić information content (AvgIpc) is 2.88. The van der Waals surface area contributed by atoms with E-state index in [4.69, 9.17) is 5.73 Å². The van der Waals surface area contributed by atoms with Crippen LogP contribution in [0.25, 0.3) is 0 Å². The van der Waals surface area contributed by atoms with Gasteiger partial charge < -0.3 is 11.1 Å². The van der Waals surface area contributed by atoms with Crippen LogP contribution < -0.4 is 11.1 Å². The number of nitrogens with one attached hydrogen (secondary N) is 1. The van der Waals surface area contributed by atoms with Gasteiger partial charge in [-0.1, -0.05) is 12.1 Å². The van der Waals surface area contributed by atoms with Gasteiger partial charge in [-0.05, 0) is 31.2 Å². The molecule has 20 heavy (non-hydrogen) atoms. The zero-order valence-electron chi connectivity index (χ0n) is 11.1. The Hall–Kier alpha value is -1.79. The van der Waals surface area contributed by atoms with Gasteiger partial charge >= 0.3 is 0 Å². The molecule has 2 aromatic rings. The molecule has 0 saturated heterocycles. The first-order chi connectivity index (χ1) is 9.60. The van der Waals surface area contributed by atoms with Gasteiger partial charge in [0.2, 0.25) is 0 Å². The van der Waals surface area contributed by atoms with Crippen LogP contribution >= 0.6 is 11.3 Å². The number of rotatable bonds is 5. The number of carbonyl (C=O) groups is 1. The molecule has 0 aliphatic rings. The van der Waals surface area contributed by atoms with Crippen molar-refractivity contribution in [2.45, 2.75) is 19.4 Å². The largest absolute Gasteiger partial charge is 0.344 e. The minimum absolute atomic E-state index is 0.263. The van der Waals surface area contributed by atoms with E-state index in [9.17, 15) is 9.18 Å². The summed E-state index contributed by atoms with van der Waals surface area (Å²) in [6, 6.07) is 5.89. The summed E-state index contributed by atoms with van der Waals surface area (Å²) in [7, 11) is 0. The predicted molar refractivity (Wildman–Crippen MR) is 77.2 cm³/mol. The third-order valence-corrected chi connectivity index (χ3v) is 3.75. The van der Waals surface area contributed by atoms with Crippen molar-refractivity contribution in [1.29, 1.82) is 0 Å². The maximum absolute atomic E-state index is 13.1. The molecular weight excluding hydrogens is 277 g/mol. The number of hydrogen-bond acceptors (Lipinski definition) is 4. The number of benzene rings is 1. The quantitative estimate of drug-likeness (QED) is 0.888. The van der Waals surface area contributed by atoms with Crippen molar-refractivity contribution in [1.82, 2.24) is 10.3 Å². The molecule has 0 fully saturated rings. The number of carbonyl (C=O) groups excluding carboxylic acids is 1. The van der Waals surface area contributed by atoms with Crippen molar-refractivity contribution in [3.8, 4) is 0 Å². The van der Waals surface area contributed by atoms with Crippen LogP contribution in [0, 0.1) is 5.82 Å². The molecule has 4 nitrogen and oxygen atoms in total. The lowest BCUT2D eigenvalue weighted by Gasteiger charge is -2.13. The van der Waals surface area contributed by atoms with E-state index < -0.39 is 0 Å². The predicted octanol–water partition coefficient (Wildman–Crippen LogP) is 2.27. The Labute approximate surface area is 120 Å². The summed E-state index contributed by atoms with van der Waals surface area (Å²) in [5.74, 6) is -0.580. The van der Waals surface area contributed by atoms with Crippen LogP contribution in [0.1, 0.15) is 34.0 Å². The van der Waals surface area contributed by atoms with E-state index in [1.165, 1.54) is 23.5 Å². The summed E-state index contributed by atoms with van der Waals surface area (Å²) >= 11 is 1.42. The first kappa shape index (κ1) is 14.6. The van der Waals surface area contributed by atoms with Gasteiger partial charge in [-0.25, -0.2) is 9.37 Å². The van der Waals surface area contributed by atoms with Crippen LogP contribution in [0.4, 0.5) is 4.39 Å². The molecule has 1 aromatic carbocycles. The second-order valence-electron chi connectivity index (χ2n) is 4.42. The fourth-order valence-electron chi connectivity index (χ4n) is 1.78. The highest BCUT2D eigenvalue weighted by Gasteiger charge is 2.14. The summed E-state index contributed by atoms with van der Waals surface area (Å²) in [6.07, 6.45) is 0.664. The third kappa shape index (κ3) is 3.61. The highest BCUT2D eigenvalue weighted by molar-refractivity contribution is 7.09. The molecule has 0 unspecified atom stereocenters. The zero-order valence-corrected chi connectivity index (χ0v) is 11.9. The Bertz CT molecular complexity index is 600. The monoisotopic (exact) mass is 293 g/mol. The smallest absolute Gasteiger partial charge is 0.271 e. The van der Waals surface area contributed by atoms with Gasteiger partial charge in [0.1, 0.15) is 11.5 Å². The molecule has 1 heterocycles. The molecule has 0 radical (unpaired) electrons. The fraction of sp³-hybridized carbons (Fsp3) is 0.286. The van der Waals surface area contributed by atoms with E-state index in [0.29, 0.717) is 18.7 Å². The highest BCUT2D eigenvalue weighted by Crippen LogP contribution is 2.15. The fourth-order valence-corrected chi connectivity index (χ4v) is 2.58. The van der Waals surface area contributed by atoms with Gasteiger partial charge in [0.15, 0.2) is 0 Å². The minimum atomic E-state index is -0.317. The van der Waals surface area contributed by atoms with E-state index in [-0.39, 0.29) is 17.8 Å². The maximum atomic E-state index is 13.1. The van der Waals surface area contributed by atoms with Crippen molar-refractivity contribution in [3.63, 3.8) is 0 Å². The molecule has 0 saturated carbocycles. The summed E-state index contributed by atoms with van der Waals surface area (Å²) < 4.78 is 13.1. The molecule has 106 valence electrons. The van der Waals surface area contributed by atoms with Crippen LogP contribution in [0.15, 0.2) is 29.6 Å². The van der Waals surface area contributed by atoms with E-state index >= 15 is 0 Å². The van der Waals surface area contributed by atoms with Crippen molar-refractivity contribution in [2.24, 2.45) is 5.73 Å². The van der Waals surface area contributed by atoms with E-state index in [1.54, 1.807) is 24.4 Å². The molecule has 0 aliphatic carbocycles. The van der Waals surface area contributed by atoms with Crippen molar-refractivity contribution in [2.75, 3.05) is 6.54 Å². The number of nitrogens with zero attached hydrogens (tertiary/aromatic N) is 1. The molecule has 6 heteroatoms. The average molecular weight is 293 g/mol. The number of hydrogen-bond donors (Lipinski definition) is 2. The van der Waals surface area contributed by atoms with E-state index in [0.717, 1.165) is 10.6 Å². The number of nitrogens with two attached hydrogens (primary N) is 1. The topological polar surface area (TPSA) is 68.0 Å². The summed E-state index contributed by atoms with van der Waals surface area (Å²) in [6.45, 7) is 2.31. The molecule has 0 spiro atoms. The molecule has 1 amide bonds. The number of amides is 1. The van der Waals surface area contributed by atoms with Gasteiger partial charge in [0, 0.05) is 11.8 Å². The van der Waals surface area contributed by atoms with Gasteiger partial charge in [-0.3, -0.25) is 4.79 Å². The Morgan fingerprint density at radius 2 is 2.35 bits per heavy atom. The van der Waals surface area contributed by atoms with Crippen LogP contribution in [-0.4, -0.2) is 17.4 Å². The number of aromatic nitrogens is 1. The van der Waals surface area contributed by atoms with Gasteiger partial charge in [0.05, 0.1) is 11.0 Å². The SMILES string of the molecule is C[C@@H](NC(=O)c1csc(CCN)n1)c1cccc(F)c1. The van der Waals surface area contributed by atoms with Crippen LogP contribution in [0.2, 0.25) is 0 Å². The summed E-state index contributed by atoms with van der Waals surface area (Å²) in [5.41, 5.74) is 6.54. The van der Waals surface area contributed by atoms with Crippen molar-refractivity contribution >= 4 is 17.2 Å².